The van der Waals surface area contributed by atoms with Crippen molar-refractivity contribution in [2.24, 2.45) is 10.7 Å². The first-order chi connectivity index (χ1) is 20.2. The van der Waals surface area contributed by atoms with E-state index in [9.17, 15) is 14.4 Å². The van der Waals surface area contributed by atoms with Crippen LogP contribution in [0.2, 0.25) is 0 Å². The van der Waals surface area contributed by atoms with E-state index in [1.54, 1.807) is 52.4 Å². The molecule has 9 heteroatoms. The Morgan fingerprint density at radius 2 is 1.76 bits per heavy atom. The van der Waals surface area contributed by atoms with Gasteiger partial charge in [-0.05, 0) is 78.9 Å². The van der Waals surface area contributed by atoms with Crippen molar-refractivity contribution < 1.29 is 18.8 Å². The molecule has 4 rings (SSSR count). The summed E-state index contributed by atoms with van der Waals surface area (Å²) in [5, 5.41) is 0. The van der Waals surface area contributed by atoms with Gasteiger partial charge in [0.1, 0.15) is 11.7 Å². The molecule has 2 heterocycles. The maximum atomic E-state index is 15.6. The van der Waals surface area contributed by atoms with Crippen molar-refractivity contribution in [2.75, 3.05) is 39.8 Å². The van der Waals surface area contributed by atoms with E-state index in [0.29, 0.717) is 46.6 Å². The van der Waals surface area contributed by atoms with Gasteiger partial charge in [0.2, 0.25) is 11.8 Å². The summed E-state index contributed by atoms with van der Waals surface area (Å²) in [5.41, 5.74) is 9.56. The maximum absolute atomic E-state index is 15.6. The van der Waals surface area contributed by atoms with E-state index in [2.05, 4.69) is 4.99 Å². The molecule has 2 aromatic carbocycles. The fourth-order valence-corrected chi connectivity index (χ4v) is 5.36. The molecule has 1 saturated heterocycles. The highest BCUT2D eigenvalue weighted by atomic mass is 19.1. The Bertz CT molecular complexity index is 1420. The second-order valence-electron chi connectivity index (χ2n) is 10.9. The summed E-state index contributed by atoms with van der Waals surface area (Å²) < 4.78 is 15.6. The third-order valence-corrected chi connectivity index (χ3v) is 7.51. The first kappa shape index (κ1) is 30.7. The van der Waals surface area contributed by atoms with Gasteiger partial charge in [0, 0.05) is 56.3 Å². The Morgan fingerprint density at radius 3 is 2.43 bits per heavy atom. The van der Waals surface area contributed by atoms with Crippen LogP contribution in [0.25, 0.3) is 23.3 Å². The van der Waals surface area contributed by atoms with Crippen molar-refractivity contribution in [3.63, 3.8) is 0 Å². The number of hydrogen-bond acceptors (Lipinski definition) is 6. The summed E-state index contributed by atoms with van der Waals surface area (Å²) >= 11 is 0. The molecule has 0 bridgehead atoms. The lowest BCUT2D eigenvalue weighted by Gasteiger charge is -2.22. The monoisotopic (exact) mass is 573 g/mol. The van der Waals surface area contributed by atoms with Gasteiger partial charge in [0.05, 0.1) is 12.2 Å². The lowest BCUT2D eigenvalue weighted by molar-refractivity contribution is -0.130. The summed E-state index contributed by atoms with van der Waals surface area (Å²) in [7, 11) is 1.81. The van der Waals surface area contributed by atoms with E-state index in [4.69, 9.17) is 5.73 Å². The van der Waals surface area contributed by atoms with Crippen molar-refractivity contribution >= 4 is 41.8 Å². The molecule has 0 saturated carbocycles. The number of carbonyl (C=O) groups excluding carboxylic acids is 3. The summed E-state index contributed by atoms with van der Waals surface area (Å²) in [4.78, 5) is 47.4. The highest BCUT2D eigenvalue weighted by Crippen LogP contribution is 2.35. The van der Waals surface area contributed by atoms with Crippen molar-refractivity contribution in [2.45, 2.75) is 46.0 Å². The Labute approximate surface area is 247 Å². The molecule has 0 spiro atoms. The second kappa shape index (κ2) is 14.1. The van der Waals surface area contributed by atoms with Crippen molar-refractivity contribution in [1.82, 2.24) is 14.7 Å². The predicted octanol–water partition coefficient (Wildman–Crippen LogP) is 5.25. The number of carbonyl (C=O) groups is 3. The lowest BCUT2D eigenvalue weighted by Crippen LogP contribution is -2.35. The number of fused-ring (bicyclic) bond motifs is 1. The van der Waals surface area contributed by atoms with Crippen LogP contribution in [0, 0.1) is 5.82 Å². The van der Waals surface area contributed by atoms with Gasteiger partial charge in [-0.1, -0.05) is 26.0 Å². The van der Waals surface area contributed by atoms with Gasteiger partial charge in [-0.15, -0.1) is 0 Å². The van der Waals surface area contributed by atoms with E-state index in [-0.39, 0.29) is 36.2 Å². The standard InChI is InChI=1S/C33H40FN5O3/c1-4-11-39(12-5-2)33(42)27-17-28-29(34)18-26(19-30(28)36-31(35)20-27)23-8-9-25(22-40)24(16-23)10-15-37(3)21-32(41)38-13-6-7-14-38/h8-10,15-19,22H,4-7,11-14,20-21H2,1-3H3,(H2,35,36)/b15-10-. The molecule has 2 aliphatic rings. The third-order valence-electron chi connectivity index (χ3n) is 7.51. The number of halogens is 1. The average Bonchev–Trinajstić information content (AvgIpc) is 3.46. The van der Waals surface area contributed by atoms with Crippen LogP contribution in [0.4, 0.5) is 10.1 Å². The van der Waals surface area contributed by atoms with Crippen LogP contribution in [-0.2, 0) is 9.59 Å². The molecular weight excluding hydrogens is 533 g/mol. The topological polar surface area (TPSA) is 99.3 Å². The Balaban J connectivity index is 1.62. The molecule has 42 heavy (non-hydrogen) atoms. The summed E-state index contributed by atoms with van der Waals surface area (Å²) in [5.74, 6) is -0.349. The number of hydrogen-bond donors (Lipinski definition) is 1. The third kappa shape index (κ3) is 7.32. The van der Waals surface area contributed by atoms with Gasteiger partial charge in [-0.2, -0.15) is 0 Å². The molecule has 2 aliphatic heterocycles. The zero-order chi connectivity index (χ0) is 30.2. The quantitative estimate of drug-likeness (QED) is 0.370. The van der Waals surface area contributed by atoms with E-state index in [1.165, 1.54) is 6.07 Å². The van der Waals surface area contributed by atoms with Gasteiger partial charge in [0.25, 0.3) is 0 Å². The number of aliphatic imine (C=N–C) groups is 1. The molecule has 0 atom stereocenters. The van der Waals surface area contributed by atoms with Crippen molar-refractivity contribution in [1.29, 1.82) is 0 Å². The number of rotatable bonds is 11. The molecule has 2 amide bonds. The molecule has 0 aromatic heterocycles. The van der Waals surface area contributed by atoms with Crippen LogP contribution in [0.1, 0.15) is 67.4 Å². The van der Waals surface area contributed by atoms with E-state index >= 15 is 4.39 Å². The van der Waals surface area contributed by atoms with Crippen LogP contribution in [0.5, 0.6) is 0 Å². The van der Waals surface area contributed by atoms with Crippen LogP contribution in [-0.4, -0.2) is 78.4 Å². The number of benzene rings is 2. The second-order valence-corrected chi connectivity index (χ2v) is 10.9. The van der Waals surface area contributed by atoms with Crippen LogP contribution >= 0.6 is 0 Å². The normalized spacial score (nSPS) is 14.7. The van der Waals surface area contributed by atoms with Crippen LogP contribution in [0.3, 0.4) is 0 Å². The average molecular weight is 574 g/mol. The van der Waals surface area contributed by atoms with Crippen LogP contribution < -0.4 is 5.73 Å². The number of likely N-dealkylation sites (N-methyl/N-ethyl adjacent to an activating group) is 1. The summed E-state index contributed by atoms with van der Waals surface area (Å²) in [6, 6.07) is 8.40. The Kier molecular flexibility index (Phi) is 10.3. The molecule has 0 aliphatic carbocycles. The zero-order valence-corrected chi connectivity index (χ0v) is 24.7. The lowest BCUT2D eigenvalue weighted by atomic mass is 9.97. The zero-order valence-electron chi connectivity index (χ0n) is 24.7. The fraction of sp³-hybridized carbons (Fsp3) is 0.394. The minimum Gasteiger partial charge on any atom is -0.387 e. The molecule has 8 nitrogen and oxygen atoms in total. The summed E-state index contributed by atoms with van der Waals surface area (Å²) in [6.07, 6.45) is 9.75. The highest BCUT2D eigenvalue weighted by Gasteiger charge is 2.23. The van der Waals surface area contributed by atoms with Gasteiger partial charge in [-0.25, -0.2) is 9.38 Å². The first-order valence-corrected chi connectivity index (χ1v) is 14.7. The number of nitrogens with two attached hydrogens (primary N) is 1. The molecule has 1 fully saturated rings. The predicted molar refractivity (Wildman–Crippen MR) is 166 cm³/mol. The number of nitrogens with zero attached hydrogens (tertiary/aromatic N) is 4. The van der Waals surface area contributed by atoms with Crippen LogP contribution in [0.15, 0.2) is 47.1 Å². The number of amidine groups is 1. The SMILES string of the molecule is CCCN(CCC)C(=O)C1=Cc2c(F)cc(-c3ccc(C=O)c(/C=C\N(C)CC(=O)N4CCCC4)c3)cc2N=C(N)C1. The van der Waals surface area contributed by atoms with Gasteiger partial charge < -0.3 is 20.4 Å². The van der Waals surface area contributed by atoms with E-state index in [0.717, 1.165) is 45.1 Å². The van der Waals surface area contributed by atoms with E-state index < -0.39 is 5.82 Å². The van der Waals surface area contributed by atoms with Gasteiger partial charge >= 0.3 is 0 Å². The molecule has 222 valence electrons. The van der Waals surface area contributed by atoms with E-state index in [1.807, 2.05) is 25.8 Å². The van der Waals surface area contributed by atoms with Gasteiger partial charge in [0.15, 0.2) is 6.29 Å². The smallest absolute Gasteiger partial charge is 0.250 e. The highest BCUT2D eigenvalue weighted by molar-refractivity contribution is 6.05. The van der Waals surface area contributed by atoms with Crippen molar-refractivity contribution in [3.05, 3.63) is 64.6 Å². The maximum Gasteiger partial charge on any atom is 0.250 e. The fourth-order valence-electron chi connectivity index (χ4n) is 5.36. The number of likely N-dealkylation sites (tertiary alicyclic amines) is 1. The molecular formula is C33H40FN5O3. The molecule has 0 radical (unpaired) electrons. The Morgan fingerprint density at radius 1 is 1.05 bits per heavy atom. The first-order valence-electron chi connectivity index (χ1n) is 14.7. The number of aldehydes is 1. The molecule has 2 aromatic rings. The Hall–Kier alpha value is -4.27. The molecule has 0 unspecified atom stereocenters. The largest absolute Gasteiger partial charge is 0.387 e. The van der Waals surface area contributed by atoms with Gasteiger partial charge in [-0.3, -0.25) is 14.4 Å². The molecule has 2 N–H and O–H groups in total. The minimum absolute atomic E-state index is 0.0756. The minimum atomic E-state index is -0.513. The summed E-state index contributed by atoms with van der Waals surface area (Å²) in [6.45, 7) is 7.10. The van der Waals surface area contributed by atoms with Crippen molar-refractivity contribution in [3.8, 4) is 11.1 Å². The number of amides is 2.